The number of benzene rings is 1. The van der Waals surface area contributed by atoms with Crippen LogP contribution in [0, 0.1) is 0 Å². The van der Waals surface area contributed by atoms with Gasteiger partial charge in [0, 0.05) is 30.1 Å². The summed E-state index contributed by atoms with van der Waals surface area (Å²) in [5, 5.41) is 17.6. The van der Waals surface area contributed by atoms with Gasteiger partial charge in [0.2, 0.25) is 0 Å². The predicted octanol–water partition coefficient (Wildman–Crippen LogP) is 0.542. The molecule has 0 saturated carbocycles. The number of aromatic amines is 1. The molecule has 0 fully saturated rings. The molecule has 7 nitrogen and oxygen atoms in total. The summed E-state index contributed by atoms with van der Waals surface area (Å²) >= 11 is 0. The number of carbonyl (C=O) groups is 2. The molecule has 0 bridgehead atoms. The summed E-state index contributed by atoms with van der Waals surface area (Å²) in [6, 6.07) is 6.91. The predicted molar refractivity (Wildman–Crippen MR) is 78.9 cm³/mol. The first-order chi connectivity index (χ1) is 9.95. The highest BCUT2D eigenvalue weighted by Gasteiger charge is 2.14. The number of fused-ring (bicyclic) bond motifs is 1. The van der Waals surface area contributed by atoms with Crippen molar-refractivity contribution < 1.29 is 19.8 Å². The summed E-state index contributed by atoms with van der Waals surface area (Å²) < 4.78 is 0. The number of hydrogen-bond acceptors (Lipinski definition) is 4. The molecule has 2 rings (SSSR count). The Morgan fingerprint density at radius 3 is 2.43 bits per heavy atom. The lowest BCUT2D eigenvalue weighted by molar-refractivity contribution is -0.138. The van der Waals surface area contributed by atoms with Gasteiger partial charge in [-0.15, -0.1) is 0 Å². The Hall–Kier alpha value is -2.38. The molecule has 2 aromatic rings. The van der Waals surface area contributed by atoms with Crippen molar-refractivity contribution in [2.45, 2.75) is 18.9 Å². The second kappa shape index (κ2) is 8.03. The Kier molecular flexibility index (Phi) is 6.38. The number of H-pyrrole nitrogens is 1. The lowest BCUT2D eigenvalue weighted by Gasteiger charge is -2.04. The fraction of sp³-hybridized carbons (Fsp3) is 0.286. The molecular formula is C14H19N3O4. The van der Waals surface area contributed by atoms with Crippen molar-refractivity contribution in [3.8, 4) is 0 Å². The minimum absolute atomic E-state index is 0.0694. The average molecular weight is 293 g/mol. The summed E-state index contributed by atoms with van der Waals surface area (Å²) in [7, 11) is 0. The molecular weight excluding hydrogens is 274 g/mol. The number of para-hydroxylation sites is 1. The average Bonchev–Trinajstić information content (AvgIpc) is 2.83. The van der Waals surface area contributed by atoms with Gasteiger partial charge in [-0.3, -0.25) is 9.59 Å². The highest BCUT2D eigenvalue weighted by atomic mass is 16.4. The Bertz CT molecular complexity index is 609. The lowest BCUT2D eigenvalue weighted by Crippen LogP contribution is -2.32. The fourth-order valence-electron chi connectivity index (χ4n) is 1.75. The third-order valence-electron chi connectivity index (χ3n) is 2.79. The van der Waals surface area contributed by atoms with Crippen LogP contribution in [0.5, 0.6) is 0 Å². The molecule has 1 aromatic carbocycles. The van der Waals surface area contributed by atoms with Gasteiger partial charge in [-0.25, -0.2) is 0 Å². The summed E-state index contributed by atoms with van der Waals surface area (Å²) in [6.45, 7) is 0.231. The Morgan fingerprint density at radius 2 is 1.90 bits per heavy atom. The monoisotopic (exact) mass is 293 g/mol. The van der Waals surface area contributed by atoms with Crippen LogP contribution in [0.15, 0.2) is 30.5 Å². The van der Waals surface area contributed by atoms with Gasteiger partial charge in [-0.05, 0) is 11.6 Å². The Morgan fingerprint density at radius 1 is 1.24 bits per heavy atom. The number of nitrogens with two attached hydrogens (primary N) is 2. The maximum Gasteiger partial charge on any atom is 0.320 e. The zero-order chi connectivity index (χ0) is 15.8. The van der Waals surface area contributed by atoms with Crippen molar-refractivity contribution in [1.29, 1.82) is 0 Å². The molecule has 0 aliphatic carbocycles. The third kappa shape index (κ3) is 5.25. The Balaban J connectivity index is 0.000000315. The number of aromatic nitrogens is 1. The molecule has 0 aliphatic rings. The van der Waals surface area contributed by atoms with E-state index in [9.17, 15) is 9.59 Å². The molecule has 7 heteroatoms. The van der Waals surface area contributed by atoms with Crippen LogP contribution in [-0.4, -0.2) is 39.7 Å². The van der Waals surface area contributed by atoms with Gasteiger partial charge >= 0.3 is 11.9 Å². The van der Waals surface area contributed by atoms with Crippen LogP contribution in [-0.2, 0) is 16.0 Å². The summed E-state index contributed by atoms with van der Waals surface area (Å²) in [4.78, 5) is 23.2. The molecule has 21 heavy (non-hydrogen) atoms. The quantitative estimate of drug-likeness (QED) is 0.544. The number of carboxylic acid groups (broad SMARTS) is 2. The van der Waals surface area contributed by atoms with Crippen LogP contribution in [0.25, 0.3) is 10.9 Å². The van der Waals surface area contributed by atoms with Crippen LogP contribution >= 0.6 is 0 Å². The second-order valence-electron chi connectivity index (χ2n) is 4.44. The second-order valence-corrected chi connectivity index (χ2v) is 4.44. The first kappa shape index (κ1) is 16.7. The molecule has 0 unspecified atom stereocenters. The topological polar surface area (TPSA) is 142 Å². The Labute approximate surface area is 121 Å². The third-order valence-corrected chi connectivity index (χ3v) is 2.79. The van der Waals surface area contributed by atoms with E-state index in [0.29, 0.717) is 6.42 Å². The summed E-state index contributed by atoms with van der Waals surface area (Å²) in [5.74, 6) is -1.81. The zero-order valence-electron chi connectivity index (χ0n) is 11.5. The van der Waals surface area contributed by atoms with Crippen LogP contribution in [0.3, 0.4) is 0 Å². The zero-order valence-corrected chi connectivity index (χ0v) is 11.5. The van der Waals surface area contributed by atoms with Gasteiger partial charge in [0.15, 0.2) is 0 Å². The molecule has 7 N–H and O–H groups in total. The van der Waals surface area contributed by atoms with Gasteiger partial charge in [-0.2, -0.15) is 0 Å². The smallest absolute Gasteiger partial charge is 0.320 e. The van der Waals surface area contributed by atoms with E-state index in [-0.39, 0.29) is 13.0 Å². The fourth-order valence-corrected chi connectivity index (χ4v) is 1.75. The van der Waals surface area contributed by atoms with Crippen molar-refractivity contribution in [1.82, 2.24) is 4.98 Å². The maximum atomic E-state index is 10.6. The normalized spacial score (nSPS) is 11.5. The van der Waals surface area contributed by atoms with Gasteiger partial charge in [0.05, 0.1) is 6.42 Å². The molecule has 0 spiro atoms. The van der Waals surface area contributed by atoms with Gasteiger partial charge in [-0.1, -0.05) is 18.2 Å². The van der Waals surface area contributed by atoms with Crippen molar-refractivity contribution >= 4 is 22.8 Å². The van der Waals surface area contributed by atoms with E-state index < -0.39 is 18.0 Å². The molecule has 1 aromatic heterocycles. The minimum Gasteiger partial charge on any atom is -0.481 e. The first-order valence-corrected chi connectivity index (χ1v) is 6.41. The van der Waals surface area contributed by atoms with E-state index in [4.69, 9.17) is 21.7 Å². The molecule has 1 atom stereocenters. The molecule has 0 radical (unpaired) electrons. The summed E-state index contributed by atoms with van der Waals surface area (Å²) in [5.41, 5.74) is 12.3. The van der Waals surface area contributed by atoms with Gasteiger partial charge in [0.25, 0.3) is 0 Å². The van der Waals surface area contributed by atoms with Gasteiger partial charge < -0.3 is 26.7 Å². The molecule has 114 valence electrons. The molecule has 0 saturated heterocycles. The molecule has 1 heterocycles. The minimum atomic E-state index is -0.972. The number of rotatable bonds is 5. The van der Waals surface area contributed by atoms with E-state index in [1.165, 1.54) is 0 Å². The standard InChI is InChI=1S/C11H12N2O2.C3H7NO2/c12-9(11(14)15)5-7-6-13-10-4-2-1-3-8(7)10;4-2-1-3(5)6/h1-4,6,9,13H,5,12H2,(H,14,15);1-2,4H2,(H,5,6)/t9-;/m0./s1. The van der Waals surface area contributed by atoms with E-state index in [2.05, 4.69) is 4.98 Å². The van der Waals surface area contributed by atoms with E-state index >= 15 is 0 Å². The summed E-state index contributed by atoms with van der Waals surface area (Å²) in [6.07, 6.45) is 2.23. The first-order valence-electron chi connectivity index (χ1n) is 6.41. The number of aliphatic carboxylic acids is 2. The lowest BCUT2D eigenvalue weighted by atomic mass is 10.1. The van der Waals surface area contributed by atoms with Crippen LogP contribution in [0.1, 0.15) is 12.0 Å². The van der Waals surface area contributed by atoms with Crippen LogP contribution < -0.4 is 11.5 Å². The highest BCUT2D eigenvalue weighted by Crippen LogP contribution is 2.18. The van der Waals surface area contributed by atoms with Crippen molar-refractivity contribution in [3.05, 3.63) is 36.0 Å². The largest absolute Gasteiger partial charge is 0.481 e. The number of carboxylic acids is 2. The van der Waals surface area contributed by atoms with Crippen LogP contribution in [0.4, 0.5) is 0 Å². The number of hydrogen-bond donors (Lipinski definition) is 5. The highest BCUT2D eigenvalue weighted by molar-refractivity contribution is 5.84. The van der Waals surface area contributed by atoms with Crippen molar-refractivity contribution in [2.75, 3.05) is 6.54 Å². The van der Waals surface area contributed by atoms with Crippen molar-refractivity contribution in [2.24, 2.45) is 11.5 Å². The van der Waals surface area contributed by atoms with E-state index in [1.807, 2.05) is 30.5 Å². The number of nitrogens with one attached hydrogen (secondary N) is 1. The maximum absolute atomic E-state index is 10.6. The van der Waals surface area contributed by atoms with E-state index in [1.54, 1.807) is 0 Å². The molecule has 0 aliphatic heterocycles. The molecule has 0 amide bonds. The van der Waals surface area contributed by atoms with Crippen molar-refractivity contribution in [3.63, 3.8) is 0 Å². The van der Waals surface area contributed by atoms with Gasteiger partial charge in [0.1, 0.15) is 6.04 Å². The SMILES string of the molecule is NCCC(=O)O.N[C@@H](Cc1c[nH]c2ccccc12)C(=O)O. The van der Waals surface area contributed by atoms with Crippen LogP contribution in [0.2, 0.25) is 0 Å². The van der Waals surface area contributed by atoms with E-state index in [0.717, 1.165) is 16.5 Å².